The first kappa shape index (κ1) is 22.0. The molecule has 0 saturated heterocycles. The van der Waals surface area contributed by atoms with Crippen molar-refractivity contribution >= 4 is 35.6 Å². The summed E-state index contributed by atoms with van der Waals surface area (Å²) < 4.78 is 10.6. The summed E-state index contributed by atoms with van der Waals surface area (Å²) in [6, 6.07) is 5.32. The van der Waals surface area contributed by atoms with Crippen LogP contribution in [0.2, 0.25) is 5.02 Å². The maximum atomic E-state index is 12.5. The minimum absolute atomic E-state index is 0. The molecule has 7 heteroatoms. The largest absolute Gasteiger partial charge is 0.487 e. The number of hydrogen-bond acceptors (Lipinski definition) is 4. The lowest BCUT2D eigenvalue weighted by Crippen LogP contribution is -2.36. The number of nitrogens with one attached hydrogen (secondary N) is 1. The molecule has 1 aromatic carbocycles. The fourth-order valence-electron chi connectivity index (χ4n) is 3.27. The van der Waals surface area contributed by atoms with Crippen molar-refractivity contribution in [3.8, 4) is 5.75 Å². The molecule has 25 heavy (non-hydrogen) atoms. The van der Waals surface area contributed by atoms with E-state index in [0.717, 1.165) is 25.7 Å². The molecule has 1 fully saturated rings. The molecule has 5 nitrogen and oxygen atoms in total. The topological polar surface area (TPSA) is 73.6 Å². The molecule has 1 saturated carbocycles. The molecule has 3 N–H and O–H groups in total. The molecule has 1 aliphatic carbocycles. The Kier molecular flexibility index (Phi) is 9.57. The number of ether oxygens (including phenoxy) is 2. The smallest absolute Gasteiger partial charge is 0.225 e. The van der Waals surface area contributed by atoms with Gasteiger partial charge in [-0.2, -0.15) is 0 Å². The Morgan fingerprint density at radius 2 is 2.00 bits per heavy atom. The molecule has 142 valence electrons. The van der Waals surface area contributed by atoms with Crippen LogP contribution < -0.4 is 15.8 Å². The van der Waals surface area contributed by atoms with Gasteiger partial charge in [0.15, 0.2) is 5.75 Å². The van der Waals surface area contributed by atoms with E-state index >= 15 is 0 Å². The SMILES string of the molecule is COCCOc1c(Cl)cccc1NC(=O)CC1(CN)CCCCC1.Cl. The number of methoxy groups -OCH3 is 1. The van der Waals surface area contributed by atoms with Crippen LogP contribution in [-0.2, 0) is 9.53 Å². The molecule has 0 aromatic heterocycles. The lowest BCUT2D eigenvalue weighted by atomic mass is 9.71. The predicted molar refractivity (Wildman–Crippen MR) is 104 cm³/mol. The van der Waals surface area contributed by atoms with Crippen LogP contribution in [-0.4, -0.2) is 32.8 Å². The van der Waals surface area contributed by atoms with Gasteiger partial charge in [-0.1, -0.05) is 36.9 Å². The number of amides is 1. The molecule has 1 aromatic rings. The van der Waals surface area contributed by atoms with Gasteiger partial charge >= 0.3 is 0 Å². The summed E-state index contributed by atoms with van der Waals surface area (Å²) in [5, 5.41) is 3.41. The maximum absolute atomic E-state index is 12.5. The van der Waals surface area contributed by atoms with Crippen LogP contribution in [0.3, 0.4) is 0 Å². The van der Waals surface area contributed by atoms with Crippen LogP contribution in [0, 0.1) is 5.41 Å². The average molecular weight is 391 g/mol. The van der Waals surface area contributed by atoms with Gasteiger partial charge in [0, 0.05) is 13.5 Å². The normalized spacial score (nSPS) is 16.0. The Morgan fingerprint density at radius 3 is 2.64 bits per heavy atom. The van der Waals surface area contributed by atoms with Crippen molar-refractivity contribution in [3.05, 3.63) is 23.2 Å². The zero-order valence-corrected chi connectivity index (χ0v) is 16.3. The lowest BCUT2D eigenvalue weighted by Gasteiger charge is -2.35. The minimum Gasteiger partial charge on any atom is -0.487 e. The third kappa shape index (κ3) is 6.33. The van der Waals surface area contributed by atoms with Crippen molar-refractivity contribution in [2.24, 2.45) is 11.1 Å². The van der Waals surface area contributed by atoms with Gasteiger partial charge in [-0.3, -0.25) is 4.79 Å². The Bertz CT molecular complexity index is 549. The van der Waals surface area contributed by atoms with E-state index < -0.39 is 0 Å². The fraction of sp³-hybridized carbons (Fsp3) is 0.611. The van der Waals surface area contributed by atoms with Gasteiger partial charge in [0.25, 0.3) is 0 Å². The van der Waals surface area contributed by atoms with Gasteiger partial charge in [0.05, 0.1) is 17.3 Å². The Labute approximate surface area is 161 Å². The monoisotopic (exact) mass is 390 g/mol. The highest BCUT2D eigenvalue weighted by atomic mass is 35.5. The third-order valence-electron chi connectivity index (χ3n) is 4.66. The number of nitrogens with two attached hydrogens (primary N) is 1. The molecule has 0 bridgehead atoms. The van der Waals surface area contributed by atoms with Crippen LogP contribution in [0.4, 0.5) is 5.69 Å². The number of benzene rings is 1. The number of carbonyl (C=O) groups excluding carboxylic acids is 1. The van der Waals surface area contributed by atoms with E-state index in [4.69, 9.17) is 26.8 Å². The molecule has 1 aliphatic rings. The first-order chi connectivity index (χ1) is 11.6. The Hall–Kier alpha value is -1.01. The van der Waals surface area contributed by atoms with Crippen LogP contribution in [0.25, 0.3) is 0 Å². The highest BCUT2D eigenvalue weighted by molar-refractivity contribution is 6.32. The van der Waals surface area contributed by atoms with Gasteiger partial charge in [-0.05, 0) is 36.9 Å². The van der Waals surface area contributed by atoms with Crippen molar-refractivity contribution in [2.45, 2.75) is 38.5 Å². The summed E-state index contributed by atoms with van der Waals surface area (Å²) in [5.41, 5.74) is 6.49. The van der Waals surface area contributed by atoms with Crippen LogP contribution in [0.15, 0.2) is 18.2 Å². The summed E-state index contributed by atoms with van der Waals surface area (Å²) in [4.78, 5) is 12.5. The van der Waals surface area contributed by atoms with Gasteiger partial charge in [-0.15, -0.1) is 12.4 Å². The highest BCUT2D eigenvalue weighted by Crippen LogP contribution is 2.39. The summed E-state index contributed by atoms with van der Waals surface area (Å²) in [6.45, 7) is 1.37. The van der Waals surface area contributed by atoms with Gasteiger partial charge in [0.1, 0.15) is 6.61 Å². The zero-order valence-electron chi connectivity index (χ0n) is 14.7. The summed E-state index contributed by atoms with van der Waals surface area (Å²) in [5.74, 6) is 0.441. The summed E-state index contributed by atoms with van der Waals surface area (Å²) >= 11 is 6.20. The number of anilines is 1. The molecule has 0 atom stereocenters. The molecule has 0 aliphatic heterocycles. The van der Waals surface area contributed by atoms with Crippen LogP contribution in [0.1, 0.15) is 38.5 Å². The van der Waals surface area contributed by atoms with Crippen LogP contribution >= 0.6 is 24.0 Å². The molecule has 0 spiro atoms. The molecule has 1 amide bonds. The van der Waals surface area contributed by atoms with E-state index in [1.54, 1.807) is 25.3 Å². The van der Waals surface area contributed by atoms with E-state index in [-0.39, 0.29) is 23.7 Å². The second-order valence-electron chi connectivity index (χ2n) is 6.45. The summed E-state index contributed by atoms with van der Waals surface area (Å²) in [7, 11) is 1.61. The highest BCUT2D eigenvalue weighted by Gasteiger charge is 2.33. The Balaban J connectivity index is 0.00000312. The Morgan fingerprint density at radius 1 is 1.28 bits per heavy atom. The zero-order chi connectivity index (χ0) is 17.4. The molecule has 0 radical (unpaired) electrons. The maximum Gasteiger partial charge on any atom is 0.225 e. The number of rotatable bonds is 8. The van der Waals surface area contributed by atoms with E-state index in [1.807, 2.05) is 0 Å². The van der Waals surface area contributed by atoms with Crippen LogP contribution in [0.5, 0.6) is 5.75 Å². The second-order valence-corrected chi connectivity index (χ2v) is 6.85. The number of hydrogen-bond donors (Lipinski definition) is 2. The first-order valence-electron chi connectivity index (χ1n) is 8.50. The van der Waals surface area contributed by atoms with E-state index in [1.165, 1.54) is 6.42 Å². The van der Waals surface area contributed by atoms with Gasteiger partial charge in [-0.25, -0.2) is 0 Å². The average Bonchev–Trinajstić information content (AvgIpc) is 2.58. The lowest BCUT2D eigenvalue weighted by molar-refractivity contribution is -0.118. The third-order valence-corrected chi connectivity index (χ3v) is 4.96. The standard InChI is InChI=1S/C18H27ClN2O3.ClH/c1-23-10-11-24-17-14(19)6-5-7-15(17)21-16(22)12-18(13-20)8-3-2-4-9-18;/h5-7H,2-4,8-13,20H2,1H3,(H,21,22);1H. The van der Waals surface area contributed by atoms with Crippen molar-refractivity contribution < 1.29 is 14.3 Å². The summed E-state index contributed by atoms with van der Waals surface area (Å²) in [6.07, 6.45) is 6.00. The molecule has 0 heterocycles. The van der Waals surface area contributed by atoms with Gasteiger partial charge in [0.2, 0.25) is 5.91 Å². The van der Waals surface area contributed by atoms with Crippen molar-refractivity contribution in [2.75, 3.05) is 32.2 Å². The fourth-order valence-corrected chi connectivity index (χ4v) is 3.50. The van der Waals surface area contributed by atoms with Gasteiger partial charge < -0.3 is 20.5 Å². The number of para-hydroxylation sites is 1. The van der Waals surface area contributed by atoms with Crippen molar-refractivity contribution in [1.29, 1.82) is 0 Å². The van der Waals surface area contributed by atoms with E-state index in [0.29, 0.717) is 42.6 Å². The second kappa shape index (κ2) is 10.9. The van der Waals surface area contributed by atoms with Crippen molar-refractivity contribution in [3.63, 3.8) is 0 Å². The van der Waals surface area contributed by atoms with Crippen molar-refractivity contribution in [1.82, 2.24) is 0 Å². The molecular formula is C18H28Cl2N2O3. The molecule has 2 rings (SSSR count). The predicted octanol–water partition coefficient (Wildman–Crippen LogP) is 4.02. The number of carbonyl (C=O) groups is 1. The minimum atomic E-state index is -0.0714. The molecular weight excluding hydrogens is 363 g/mol. The van der Waals surface area contributed by atoms with E-state index in [2.05, 4.69) is 5.32 Å². The first-order valence-corrected chi connectivity index (χ1v) is 8.88. The molecule has 0 unspecified atom stereocenters. The number of halogens is 2. The van der Waals surface area contributed by atoms with E-state index in [9.17, 15) is 4.79 Å². The quantitative estimate of drug-likeness (QED) is 0.657.